The lowest BCUT2D eigenvalue weighted by Gasteiger charge is -2.13. The van der Waals surface area contributed by atoms with Gasteiger partial charge in [0.15, 0.2) is 0 Å². The molecule has 1 rings (SSSR count). The Morgan fingerprint density at radius 2 is 2.40 bits per heavy atom. The van der Waals surface area contributed by atoms with Crippen LogP contribution in [0.4, 0.5) is 0 Å². The monoisotopic (exact) mass is 176 g/mol. The lowest BCUT2D eigenvalue weighted by atomic mass is 10.2. The van der Waals surface area contributed by atoms with Crippen LogP contribution in [0.2, 0.25) is 0 Å². The van der Waals surface area contributed by atoms with Crippen LogP contribution in [0.1, 0.15) is 0 Å². The zero-order valence-electron chi connectivity index (χ0n) is 4.97. The third kappa shape index (κ3) is 1.52. The maximum Gasteiger partial charge on any atom is 0.234 e. The van der Waals surface area contributed by atoms with Crippen molar-refractivity contribution < 1.29 is 4.79 Å². The van der Waals surface area contributed by atoms with Crippen molar-refractivity contribution in [2.24, 2.45) is 0 Å². The fourth-order valence-corrected chi connectivity index (χ4v) is 1.06. The lowest BCUT2D eigenvalue weighted by molar-refractivity contribution is 0.561. The van der Waals surface area contributed by atoms with Crippen LogP contribution < -0.4 is 0 Å². The zero-order chi connectivity index (χ0) is 7.56. The summed E-state index contributed by atoms with van der Waals surface area (Å²) in [4.78, 5) is 10.1. The number of hydrogen-bond acceptors (Lipinski definition) is 2. The molecule has 2 nitrogen and oxygen atoms in total. The third-order valence-corrected chi connectivity index (χ3v) is 1.63. The van der Waals surface area contributed by atoms with E-state index in [1.165, 1.54) is 10.6 Å². The van der Waals surface area contributed by atoms with E-state index in [0.29, 0.717) is 17.2 Å². The van der Waals surface area contributed by atoms with Crippen LogP contribution in [0.5, 0.6) is 0 Å². The van der Waals surface area contributed by atoms with Crippen molar-refractivity contribution >= 4 is 29.7 Å². The van der Waals surface area contributed by atoms with Crippen LogP contribution in [0.3, 0.4) is 0 Å². The Balaban J connectivity index is 2.81. The average Bonchev–Trinajstić information content (AvgIpc) is 1.88. The Bertz CT molecular complexity index is 210. The highest BCUT2D eigenvalue weighted by atomic mass is 35.5. The summed E-state index contributed by atoms with van der Waals surface area (Å²) in [5, 5.41) is 0.330. The molecule has 0 N–H and O–H groups in total. The number of allylic oxidation sites excluding steroid dienone is 2. The summed E-state index contributed by atoms with van der Waals surface area (Å²) in [6.07, 6.45) is 4.79. The van der Waals surface area contributed by atoms with Gasteiger partial charge in [0, 0.05) is 23.5 Å². The van der Waals surface area contributed by atoms with Gasteiger partial charge in [-0.1, -0.05) is 17.7 Å². The number of hydrogen-bond donors (Lipinski definition) is 0. The minimum atomic E-state index is 0.330. The van der Waals surface area contributed by atoms with E-state index in [0.717, 1.165) is 0 Å². The standard InChI is InChI=1S/C6H4Cl2NO/c7-6-3-9(8)2-1-5(6)4-10/h1,3H,2H2. The molecule has 0 unspecified atom stereocenters. The Morgan fingerprint density at radius 1 is 1.70 bits per heavy atom. The number of carbonyl (C=O) groups excluding carboxylic acids is 1. The summed E-state index contributed by atoms with van der Waals surface area (Å²) in [5.41, 5.74) is 0.374. The minimum Gasteiger partial charge on any atom is -0.287 e. The quantitative estimate of drug-likeness (QED) is 0.566. The van der Waals surface area contributed by atoms with E-state index in [4.69, 9.17) is 23.4 Å². The molecule has 0 aromatic carbocycles. The molecule has 4 heteroatoms. The van der Waals surface area contributed by atoms with Crippen molar-refractivity contribution in [3.05, 3.63) is 22.9 Å². The van der Waals surface area contributed by atoms with Crippen LogP contribution in [0.15, 0.2) is 22.9 Å². The first kappa shape index (κ1) is 7.63. The van der Waals surface area contributed by atoms with Gasteiger partial charge in [-0.05, 0) is 0 Å². The van der Waals surface area contributed by atoms with E-state index in [2.05, 4.69) is 0 Å². The van der Waals surface area contributed by atoms with Crippen LogP contribution >= 0.6 is 23.4 Å². The molecular formula is C6H4Cl2NO. The largest absolute Gasteiger partial charge is 0.287 e. The molecule has 53 valence electrons. The summed E-state index contributed by atoms with van der Waals surface area (Å²) in [5.74, 6) is 0. The molecule has 0 fully saturated rings. The lowest BCUT2D eigenvalue weighted by Crippen LogP contribution is -2.10. The van der Waals surface area contributed by atoms with Gasteiger partial charge in [0.25, 0.3) is 0 Å². The highest BCUT2D eigenvalue weighted by molar-refractivity contribution is 6.34. The fourth-order valence-electron chi connectivity index (χ4n) is 0.612. The van der Waals surface area contributed by atoms with Gasteiger partial charge in [-0.25, -0.2) is 0 Å². The van der Waals surface area contributed by atoms with E-state index in [9.17, 15) is 4.79 Å². The van der Waals surface area contributed by atoms with Crippen molar-refractivity contribution in [3.63, 3.8) is 0 Å². The molecule has 0 amide bonds. The molecule has 1 aliphatic heterocycles. The van der Waals surface area contributed by atoms with Crippen LogP contribution in [0, 0.1) is 0 Å². The Hall–Kier alpha value is -0.470. The van der Waals surface area contributed by atoms with Gasteiger partial charge in [-0.15, -0.1) is 0 Å². The second-order valence-corrected chi connectivity index (χ2v) is 2.62. The van der Waals surface area contributed by atoms with Crippen molar-refractivity contribution in [3.8, 4) is 0 Å². The summed E-state index contributed by atoms with van der Waals surface area (Å²) < 4.78 is 1.36. The molecule has 0 aromatic rings. The van der Waals surface area contributed by atoms with Gasteiger partial charge in [-0.2, -0.15) is 0 Å². The van der Waals surface area contributed by atoms with Gasteiger partial charge in [-0.3, -0.25) is 9.21 Å². The van der Waals surface area contributed by atoms with Gasteiger partial charge < -0.3 is 0 Å². The van der Waals surface area contributed by atoms with Gasteiger partial charge in [0.05, 0.1) is 11.6 Å². The Labute approximate surface area is 68.8 Å². The smallest absolute Gasteiger partial charge is 0.234 e. The summed E-state index contributed by atoms with van der Waals surface area (Å²) in [6.45, 7) is 0.488. The molecule has 0 bridgehead atoms. The van der Waals surface area contributed by atoms with Crippen LogP contribution in [0.25, 0.3) is 0 Å². The molecule has 1 heterocycles. The van der Waals surface area contributed by atoms with Gasteiger partial charge in [0.1, 0.15) is 0 Å². The van der Waals surface area contributed by atoms with E-state index < -0.39 is 0 Å². The molecule has 1 aliphatic rings. The SMILES string of the molecule is O=[C]C1=CCN(Cl)C=C1Cl. The summed E-state index contributed by atoms with van der Waals surface area (Å²) in [7, 11) is 0. The second kappa shape index (κ2) is 3.08. The molecule has 10 heavy (non-hydrogen) atoms. The first-order valence-electron chi connectivity index (χ1n) is 2.62. The van der Waals surface area contributed by atoms with E-state index in [1.807, 2.05) is 0 Å². The molecular weight excluding hydrogens is 173 g/mol. The predicted octanol–water partition coefficient (Wildman–Crippen LogP) is 1.57. The maximum atomic E-state index is 10.1. The number of rotatable bonds is 1. The fraction of sp³-hybridized carbons (Fsp3) is 0.167. The van der Waals surface area contributed by atoms with Crippen LogP contribution in [-0.4, -0.2) is 17.2 Å². The minimum absolute atomic E-state index is 0.330. The number of halogens is 2. The molecule has 0 saturated heterocycles. The van der Waals surface area contributed by atoms with Gasteiger partial charge >= 0.3 is 0 Å². The predicted molar refractivity (Wildman–Crippen MR) is 40.3 cm³/mol. The van der Waals surface area contributed by atoms with Crippen molar-refractivity contribution in [1.29, 1.82) is 0 Å². The molecule has 0 spiro atoms. The van der Waals surface area contributed by atoms with E-state index in [-0.39, 0.29) is 0 Å². The topological polar surface area (TPSA) is 20.3 Å². The Morgan fingerprint density at radius 3 is 2.90 bits per heavy atom. The Kier molecular flexibility index (Phi) is 2.35. The second-order valence-electron chi connectivity index (χ2n) is 1.78. The first-order valence-corrected chi connectivity index (χ1v) is 3.34. The van der Waals surface area contributed by atoms with Crippen molar-refractivity contribution in [1.82, 2.24) is 4.42 Å². The highest BCUT2D eigenvalue weighted by Gasteiger charge is 2.08. The molecule has 0 saturated carbocycles. The van der Waals surface area contributed by atoms with Gasteiger partial charge in [0.2, 0.25) is 6.29 Å². The summed E-state index contributed by atoms with van der Waals surface area (Å²) >= 11 is 11.1. The first-order chi connectivity index (χ1) is 4.74. The normalized spacial score (nSPS) is 18.0. The zero-order valence-corrected chi connectivity index (χ0v) is 6.49. The number of nitrogens with zero attached hydrogens (tertiary/aromatic N) is 1. The van der Waals surface area contributed by atoms with E-state index >= 15 is 0 Å². The molecule has 0 aromatic heterocycles. The third-order valence-electron chi connectivity index (χ3n) is 1.09. The molecule has 1 radical (unpaired) electrons. The highest BCUT2D eigenvalue weighted by Crippen LogP contribution is 2.18. The average molecular weight is 177 g/mol. The molecule has 0 atom stereocenters. The van der Waals surface area contributed by atoms with Crippen LogP contribution in [-0.2, 0) is 4.79 Å². The van der Waals surface area contributed by atoms with Crippen molar-refractivity contribution in [2.75, 3.05) is 6.54 Å². The maximum absolute atomic E-state index is 10.1. The van der Waals surface area contributed by atoms with Crippen molar-refractivity contribution in [2.45, 2.75) is 0 Å². The summed E-state index contributed by atoms with van der Waals surface area (Å²) in [6, 6.07) is 0. The van der Waals surface area contributed by atoms with E-state index in [1.54, 1.807) is 12.4 Å². The molecule has 0 aliphatic carbocycles.